The van der Waals surface area contributed by atoms with Crippen LogP contribution in [0.25, 0.3) is 10.9 Å². The van der Waals surface area contributed by atoms with Gasteiger partial charge in [-0.15, -0.1) is 5.10 Å². The Morgan fingerprint density at radius 1 is 0.956 bits per heavy atom. The van der Waals surface area contributed by atoms with Crippen LogP contribution in [0.1, 0.15) is 62.5 Å². The third-order valence-corrected chi connectivity index (χ3v) is 9.04. The molecule has 2 aromatic heterocycles. The summed E-state index contributed by atoms with van der Waals surface area (Å²) in [5.74, 6) is 0. The summed E-state index contributed by atoms with van der Waals surface area (Å²) >= 11 is 19.3. The second kappa shape index (κ2) is 12.9. The monoisotopic (exact) mass is 658 g/mol. The van der Waals surface area contributed by atoms with E-state index in [0.717, 1.165) is 48.6 Å². The van der Waals surface area contributed by atoms with Crippen molar-refractivity contribution in [2.75, 3.05) is 23.7 Å². The van der Waals surface area contributed by atoms with Crippen LogP contribution in [0.3, 0.4) is 0 Å². The van der Waals surface area contributed by atoms with Gasteiger partial charge in [0.2, 0.25) is 0 Å². The smallest absolute Gasteiger partial charge is 0.109 e. The third-order valence-electron chi connectivity index (χ3n) is 8.26. The molecule has 1 atom stereocenters. The quantitative estimate of drug-likeness (QED) is 0.180. The molecule has 0 amide bonds. The Bertz CT molecular complexity index is 1870. The molecular formula is C34H33Cl3N8. The summed E-state index contributed by atoms with van der Waals surface area (Å²) in [6.07, 6.45) is 5.58. The second-order valence-electron chi connectivity index (χ2n) is 12.3. The summed E-state index contributed by atoms with van der Waals surface area (Å²) in [5.41, 5.74) is 4.89. The summed E-state index contributed by atoms with van der Waals surface area (Å²) in [7, 11) is 0. The highest BCUT2D eigenvalue weighted by molar-refractivity contribution is 6.36. The molecule has 0 radical (unpaired) electrons. The van der Waals surface area contributed by atoms with E-state index in [1.165, 1.54) is 6.20 Å². The van der Waals surface area contributed by atoms with Gasteiger partial charge in [0.1, 0.15) is 11.8 Å². The van der Waals surface area contributed by atoms with E-state index in [0.29, 0.717) is 37.2 Å². The van der Waals surface area contributed by atoms with Gasteiger partial charge < -0.3 is 10.6 Å². The van der Waals surface area contributed by atoms with Gasteiger partial charge in [0.05, 0.1) is 40.1 Å². The molecule has 11 heteroatoms. The van der Waals surface area contributed by atoms with Gasteiger partial charge in [-0.2, -0.15) is 5.26 Å². The van der Waals surface area contributed by atoms with Crippen molar-refractivity contribution in [3.8, 4) is 6.07 Å². The summed E-state index contributed by atoms with van der Waals surface area (Å²) < 4.78 is 2.00. The zero-order chi connectivity index (χ0) is 31.7. The Morgan fingerprint density at radius 2 is 1.71 bits per heavy atom. The van der Waals surface area contributed by atoms with Crippen molar-refractivity contribution < 1.29 is 0 Å². The largest absolute Gasteiger partial charge is 0.373 e. The van der Waals surface area contributed by atoms with Crippen molar-refractivity contribution in [2.45, 2.75) is 51.2 Å². The van der Waals surface area contributed by atoms with Gasteiger partial charge in [0, 0.05) is 51.6 Å². The highest BCUT2D eigenvalue weighted by Crippen LogP contribution is 2.37. The molecule has 1 fully saturated rings. The van der Waals surface area contributed by atoms with E-state index < -0.39 is 0 Å². The summed E-state index contributed by atoms with van der Waals surface area (Å²) in [6.45, 7) is 8.81. The van der Waals surface area contributed by atoms with E-state index in [2.05, 4.69) is 57.7 Å². The lowest BCUT2D eigenvalue weighted by molar-refractivity contribution is 0.0866. The van der Waals surface area contributed by atoms with Crippen LogP contribution in [0.15, 0.2) is 73.1 Å². The molecule has 3 aromatic carbocycles. The van der Waals surface area contributed by atoms with Crippen molar-refractivity contribution in [3.63, 3.8) is 0 Å². The van der Waals surface area contributed by atoms with Crippen molar-refractivity contribution in [2.24, 2.45) is 0 Å². The molecule has 0 unspecified atom stereocenters. The average molecular weight is 660 g/mol. The van der Waals surface area contributed by atoms with Crippen LogP contribution in [0.4, 0.5) is 17.1 Å². The first-order chi connectivity index (χ1) is 21.6. The van der Waals surface area contributed by atoms with Gasteiger partial charge in [0.15, 0.2) is 0 Å². The Balaban J connectivity index is 1.36. The van der Waals surface area contributed by atoms with E-state index in [1.54, 1.807) is 12.1 Å². The van der Waals surface area contributed by atoms with Gasteiger partial charge in [-0.3, -0.25) is 9.88 Å². The molecule has 0 spiro atoms. The predicted octanol–water partition coefficient (Wildman–Crippen LogP) is 9.04. The number of halogens is 3. The normalized spacial score (nSPS) is 15.1. The minimum absolute atomic E-state index is 0.149. The number of piperidine rings is 1. The number of likely N-dealkylation sites (tertiary alicyclic amines) is 1. The first-order valence-electron chi connectivity index (χ1n) is 14.8. The van der Waals surface area contributed by atoms with E-state index in [1.807, 2.05) is 59.4 Å². The minimum Gasteiger partial charge on any atom is -0.373 e. The minimum atomic E-state index is -0.351. The SMILES string of the molecule is CC(C)(C)N1CCC(n2cc([C@@H](Nc3cc(Cl)c4ncc(C#N)c(Nc5cccc(Cl)c5)c4c3)c3ccc(Cl)cc3)nn2)CC1. The average Bonchev–Trinajstić information content (AvgIpc) is 3.51. The first-order valence-corrected chi connectivity index (χ1v) is 16.0. The Hall–Kier alpha value is -3.87. The number of fused-ring (bicyclic) bond motifs is 1. The molecule has 0 saturated carbocycles. The molecule has 2 N–H and O–H groups in total. The fraction of sp³-hybridized carbons (Fsp3) is 0.294. The molecule has 1 aliphatic heterocycles. The number of hydrogen-bond acceptors (Lipinski definition) is 7. The van der Waals surface area contributed by atoms with Gasteiger partial charge in [-0.25, -0.2) is 4.68 Å². The Kier molecular flexibility index (Phi) is 8.89. The van der Waals surface area contributed by atoms with Crippen LogP contribution < -0.4 is 10.6 Å². The number of aromatic nitrogens is 4. The van der Waals surface area contributed by atoms with Crippen LogP contribution in [-0.4, -0.2) is 43.5 Å². The van der Waals surface area contributed by atoms with Crippen LogP contribution >= 0.6 is 34.8 Å². The van der Waals surface area contributed by atoms with E-state index in [9.17, 15) is 5.26 Å². The fourth-order valence-corrected chi connectivity index (χ4v) is 6.41. The van der Waals surface area contributed by atoms with Crippen LogP contribution in [0, 0.1) is 11.3 Å². The first kappa shape index (κ1) is 31.1. The number of rotatable bonds is 7. The topological polar surface area (TPSA) is 94.7 Å². The highest BCUT2D eigenvalue weighted by Gasteiger charge is 2.29. The van der Waals surface area contributed by atoms with E-state index in [4.69, 9.17) is 34.8 Å². The maximum absolute atomic E-state index is 9.94. The van der Waals surface area contributed by atoms with Crippen LogP contribution in [-0.2, 0) is 0 Å². The van der Waals surface area contributed by atoms with Gasteiger partial charge in [-0.1, -0.05) is 58.2 Å². The number of hydrogen-bond donors (Lipinski definition) is 2. The summed E-state index contributed by atoms with van der Waals surface area (Å²) in [4.78, 5) is 7.02. The number of nitrogens with zero attached hydrogens (tertiary/aromatic N) is 6. The van der Waals surface area contributed by atoms with Crippen LogP contribution in [0.2, 0.25) is 15.1 Å². The molecule has 6 rings (SSSR count). The number of nitrogens with one attached hydrogen (secondary N) is 2. The van der Waals surface area contributed by atoms with Crippen molar-refractivity contribution in [3.05, 3.63) is 105 Å². The number of pyridine rings is 1. The van der Waals surface area contributed by atoms with E-state index in [-0.39, 0.29) is 17.6 Å². The molecule has 8 nitrogen and oxygen atoms in total. The zero-order valence-electron chi connectivity index (χ0n) is 25.2. The summed E-state index contributed by atoms with van der Waals surface area (Å²) in [6, 6.07) is 21.0. The standard InChI is InChI=1S/C34H33Cl3N8/c1-34(2,3)44-13-11-27(12-14-44)45-20-30(42-43-45)32(21-7-9-23(35)10-8-21)41-26-16-28-31(40-25-6-4-5-24(36)15-25)22(18-38)19-39-33(28)29(37)17-26/h4-10,15-17,19-20,27,32,41H,11-14H2,1-3H3,(H,39,40)/t32-/m0/s1. The molecule has 0 aliphatic carbocycles. The maximum atomic E-state index is 9.94. The highest BCUT2D eigenvalue weighted by atomic mass is 35.5. The number of nitriles is 1. The predicted molar refractivity (Wildman–Crippen MR) is 183 cm³/mol. The van der Waals surface area contributed by atoms with Crippen molar-refractivity contribution in [1.82, 2.24) is 24.9 Å². The lowest BCUT2D eigenvalue weighted by Crippen LogP contribution is -2.46. The summed E-state index contributed by atoms with van der Waals surface area (Å²) in [5, 5.41) is 28.5. The third kappa shape index (κ3) is 6.87. The molecular weight excluding hydrogens is 627 g/mol. The van der Waals surface area contributed by atoms with E-state index >= 15 is 0 Å². The Morgan fingerprint density at radius 3 is 2.40 bits per heavy atom. The Labute approximate surface area is 277 Å². The van der Waals surface area contributed by atoms with Crippen LogP contribution in [0.5, 0.6) is 0 Å². The number of benzene rings is 3. The lowest BCUT2D eigenvalue weighted by atomic mass is 9.98. The van der Waals surface area contributed by atoms with Gasteiger partial charge in [-0.05, 0) is 81.6 Å². The van der Waals surface area contributed by atoms with Crippen molar-refractivity contribution >= 4 is 62.8 Å². The molecule has 230 valence electrons. The molecule has 5 aromatic rings. The van der Waals surface area contributed by atoms with Crippen molar-refractivity contribution in [1.29, 1.82) is 5.26 Å². The molecule has 1 saturated heterocycles. The number of anilines is 3. The lowest BCUT2D eigenvalue weighted by Gasteiger charge is -2.40. The molecule has 0 bridgehead atoms. The fourth-order valence-electron chi connectivity index (χ4n) is 5.83. The zero-order valence-corrected chi connectivity index (χ0v) is 27.5. The van der Waals surface area contributed by atoms with Gasteiger partial charge >= 0.3 is 0 Å². The second-order valence-corrected chi connectivity index (χ2v) is 13.6. The molecule has 45 heavy (non-hydrogen) atoms. The van der Waals surface area contributed by atoms with Gasteiger partial charge in [0.25, 0.3) is 0 Å². The maximum Gasteiger partial charge on any atom is 0.109 e. The molecule has 1 aliphatic rings. The molecule has 3 heterocycles.